The van der Waals surface area contributed by atoms with Gasteiger partial charge in [-0.1, -0.05) is 33.1 Å². The normalized spacial score (nSPS) is 19.0. The van der Waals surface area contributed by atoms with Gasteiger partial charge in [0.05, 0.1) is 13.5 Å². The van der Waals surface area contributed by atoms with E-state index in [0.717, 1.165) is 29.8 Å². The van der Waals surface area contributed by atoms with E-state index in [9.17, 15) is 9.59 Å². The lowest BCUT2D eigenvalue weighted by molar-refractivity contribution is -0.127. The molecule has 0 bridgehead atoms. The molecule has 1 saturated carbocycles. The minimum atomic E-state index is -0.468. The minimum absolute atomic E-state index is 0.0132. The van der Waals surface area contributed by atoms with E-state index in [1.807, 2.05) is 32.0 Å². The molecule has 0 saturated heterocycles. The third kappa shape index (κ3) is 3.65. The van der Waals surface area contributed by atoms with Crippen molar-refractivity contribution in [2.75, 3.05) is 12.0 Å². The summed E-state index contributed by atoms with van der Waals surface area (Å²) in [5.41, 5.74) is 1.77. The molecule has 2 amide bonds. The Bertz CT molecular complexity index is 650. The summed E-state index contributed by atoms with van der Waals surface area (Å²) in [4.78, 5) is 27.4. The van der Waals surface area contributed by atoms with Crippen LogP contribution in [0.5, 0.6) is 5.75 Å². The SMILES string of the molecule is COc1ccc2c(c1)CC(=O)N2C(C(=O)NC1CCCCC1)C(C)C. The number of carbonyl (C=O) groups excluding carboxylic acids is 2. The van der Waals surface area contributed by atoms with E-state index in [1.54, 1.807) is 12.0 Å². The Kier molecular flexibility index (Phi) is 5.30. The fraction of sp³-hybridized carbons (Fsp3) is 0.600. The lowest BCUT2D eigenvalue weighted by atomic mass is 9.94. The van der Waals surface area contributed by atoms with Crippen LogP contribution in [0.2, 0.25) is 0 Å². The van der Waals surface area contributed by atoms with E-state index >= 15 is 0 Å². The van der Waals surface area contributed by atoms with E-state index in [0.29, 0.717) is 6.42 Å². The summed E-state index contributed by atoms with van der Waals surface area (Å²) in [6, 6.07) is 5.41. The molecule has 1 aromatic carbocycles. The van der Waals surface area contributed by atoms with Crippen molar-refractivity contribution >= 4 is 17.5 Å². The van der Waals surface area contributed by atoms with Gasteiger partial charge in [-0.25, -0.2) is 0 Å². The molecule has 136 valence electrons. The van der Waals surface area contributed by atoms with Gasteiger partial charge in [0.1, 0.15) is 11.8 Å². The van der Waals surface area contributed by atoms with Gasteiger partial charge in [-0.3, -0.25) is 14.5 Å². The van der Waals surface area contributed by atoms with Crippen molar-refractivity contribution < 1.29 is 14.3 Å². The van der Waals surface area contributed by atoms with Gasteiger partial charge in [0.15, 0.2) is 0 Å². The summed E-state index contributed by atoms with van der Waals surface area (Å²) < 4.78 is 5.26. The van der Waals surface area contributed by atoms with Crippen LogP contribution in [-0.2, 0) is 16.0 Å². The van der Waals surface area contributed by atoms with Crippen LogP contribution in [0.25, 0.3) is 0 Å². The van der Waals surface area contributed by atoms with Crippen molar-refractivity contribution in [2.45, 2.75) is 64.5 Å². The standard InChI is InChI=1S/C20H28N2O3/c1-13(2)19(20(24)21-15-7-5-4-6-8-15)22-17-10-9-16(25-3)11-14(17)12-18(22)23/h9-11,13,15,19H,4-8,12H2,1-3H3,(H,21,24). The number of amides is 2. The first-order chi connectivity index (χ1) is 12.0. The average Bonchev–Trinajstić information content (AvgIpc) is 2.91. The zero-order valence-electron chi connectivity index (χ0n) is 15.4. The predicted octanol–water partition coefficient (Wildman–Crippen LogP) is 3.06. The summed E-state index contributed by atoms with van der Waals surface area (Å²) in [5.74, 6) is 0.737. The van der Waals surface area contributed by atoms with Crippen LogP contribution in [0, 0.1) is 5.92 Å². The number of methoxy groups -OCH3 is 1. The van der Waals surface area contributed by atoms with Crippen LogP contribution in [0.15, 0.2) is 18.2 Å². The highest BCUT2D eigenvalue weighted by atomic mass is 16.5. The maximum Gasteiger partial charge on any atom is 0.243 e. The van der Waals surface area contributed by atoms with E-state index in [2.05, 4.69) is 5.32 Å². The minimum Gasteiger partial charge on any atom is -0.497 e. The van der Waals surface area contributed by atoms with Crippen molar-refractivity contribution in [3.8, 4) is 5.75 Å². The molecule has 1 heterocycles. The van der Waals surface area contributed by atoms with Gasteiger partial charge in [-0.05, 0) is 42.5 Å². The molecule has 2 aliphatic rings. The third-order valence-electron chi connectivity index (χ3n) is 5.29. The van der Waals surface area contributed by atoms with Gasteiger partial charge >= 0.3 is 0 Å². The number of rotatable bonds is 5. The maximum atomic E-state index is 13.0. The molecule has 1 fully saturated rings. The van der Waals surface area contributed by atoms with Gasteiger partial charge in [-0.2, -0.15) is 0 Å². The predicted molar refractivity (Wildman–Crippen MR) is 97.8 cm³/mol. The van der Waals surface area contributed by atoms with Crippen LogP contribution in [0.3, 0.4) is 0 Å². The molecule has 1 atom stereocenters. The molecular weight excluding hydrogens is 316 g/mol. The second-order valence-corrected chi connectivity index (χ2v) is 7.47. The number of hydrogen-bond acceptors (Lipinski definition) is 3. The zero-order valence-corrected chi connectivity index (χ0v) is 15.4. The molecule has 5 heteroatoms. The lowest BCUT2D eigenvalue weighted by Gasteiger charge is -2.33. The highest BCUT2D eigenvalue weighted by Gasteiger charge is 2.39. The van der Waals surface area contributed by atoms with Gasteiger partial charge < -0.3 is 10.1 Å². The Hall–Kier alpha value is -2.04. The lowest BCUT2D eigenvalue weighted by Crippen LogP contribution is -2.53. The average molecular weight is 344 g/mol. The largest absolute Gasteiger partial charge is 0.497 e. The van der Waals surface area contributed by atoms with Crippen molar-refractivity contribution in [1.82, 2.24) is 5.32 Å². The summed E-state index contributed by atoms with van der Waals surface area (Å²) in [7, 11) is 1.62. The molecule has 1 N–H and O–H groups in total. The van der Waals surface area contributed by atoms with Crippen LogP contribution in [0.1, 0.15) is 51.5 Å². The van der Waals surface area contributed by atoms with Crippen LogP contribution in [0.4, 0.5) is 5.69 Å². The molecule has 1 aliphatic carbocycles. The second kappa shape index (κ2) is 7.46. The van der Waals surface area contributed by atoms with Crippen molar-refractivity contribution in [1.29, 1.82) is 0 Å². The molecular formula is C20H28N2O3. The second-order valence-electron chi connectivity index (χ2n) is 7.47. The fourth-order valence-corrected chi connectivity index (χ4v) is 4.00. The Morgan fingerprint density at radius 1 is 1.24 bits per heavy atom. The van der Waals surface area contributed by atoms with E-state index in [4.69, 9.17) is 4.74 Å². The Balaban J connectivity index is 1.83. The summed E-state index contributed by atoms with van der Waals surface area (Å²) in [6.45, 7) is 4.00. The zero-order chi connectivity index (χ0) is 18.0. The third-order valence-corrected chi connectivity index (χ3v) is 5.29. The Labute approximate surface area is 149 Å². The Morgan fingerprint density at radius 3 is 2.60 bits per heavy atom. The molecule has 0 spiro atoms. The van der Waals surface area contributed by atoms with Gasteiger partial charge in [-0.15, -0.1) is 0 Å². The number of nitrogens with zero attached hydrogens (tertiary/aromatic N) is 1. The molecule has 1 unspecified atom stereocenters. The highest BCUT2D eigenvalue weighted by molar-refractivity contribution is 6.06. The molecule has 25 heavy (non-hydrogen) atoms. The first kappa shape index (κ1) is 17.8. The maximum absolute atomic E-state index is 13.0. The van der Waals surface area contributed by atoms with Gasteiger partial charge in [0.25, 0.3) is 0 Å². The topological polar surface area (TPSA) is 58.6 Å². The number of carbonyl (C=O) groups is 2. The molecule has 0 aromatic heterocycles. The van der Waals surface area contributed by atoms with Gasteiger partial charge in [0.2, 0.25) is 11.8 Å². The first-order valence-corrected chi connectivity index (χ1v) is 9.30. The number of fused-ring (bicyclic) bond motifs is 1. The van der Waals surface area contributed by atoms with Crippen LogP contribution >= 0.6 is 0 Å². The number of nitrogens with one attached hydrogen (secondary N) is 1. The van der Waals surface area contributed by atoms with Crippen LogP contribution < -0.4 is 15.0 Å². The smallest absolute Gasteiger partial charge is 0.243 e. The van der Waals surface area contributed by atoms with E-state index in [-0.39, 0.29) is 23.8 Å². The summed E-state index contributed by atoms with van der Waals surface area (Å²) in [6.07, 6.45) is 5.99. The molecule has 5 nitrogen and oxygen atoms in total. The number of hydrogen-bond donors (Lipinski definition) is 1. The van der Waals surface area contributed by atoms with Crippen molar-refractivity contribution in [2.24, 2.45) is 5.92 Å². The highest BCUT2D eigenvalue weighted by Crippen LogP contribution is 2.35. The first-order valence-electron chi connectivity index (χ1n) is 9.30. The summed E-state index contributed by atoms with van der Waals surface area (Å²) >= 11 is 0. The molecule has 1 aromatic rings. The molecule has 0 radical (unpaired) electrons. The van der Waals surface area contributed by atoms with Gasteiger partial charge in [0, 0.05) is 11.7 Å². The number of ether oxygens (including phenoxy) is 1. The van der Waals surface area contributed by atoms with Crippen molar-refractivity contribution in [3.63, 3.8) is 0 Å². The van der Waals surface area contributed by atoms with E-state index in [1.165, 1.54) is 19.3 Å². The molecule has 3 rings (SSSR count). The fourth-order valence-electron chi connectivity index (χ4n) is 4.00. The van der Waals surface area contributed by atoms with E-state index < -0.39 is 6.04 Å². The van der Waals surface area contributed by atoms with Crippen molar-refractivity contribution in [3.05, 3.63) is 23.8 Å². The monoisotopic (exact) mass is 344 g/mol. The quantitative estimate of drug-likeness (QED) is 0.893. The molecule has 1 aliphatic heterocycles. The number of anilines is 1. The van der Waals surface area contributed by atoms with Crippen LogP contribution in [-0.4, -0.2) is 31.0 Å². The Morgan fingerprint density at radius 2 is 1.96 bits per heavy atom. The summed E-state index contributed by atoms with van der Waals surface area (Å²) in [5, 5.41) is 3.19. The number of benzene rings is 1.